The number of amides is 1. The summed E-state index contributed by atoms with van der Waals surface area (Å²) >= 11 is 0. The SMILES string of the molecule is CCCCCCCCCCCCCCCCCCCCCCCCCCCCCCCCCCCCCCCCCCC(=O)NC(COP(=O)(O)OCC[N+](C)(C)C)C(O)CCCCCCCCCCCCCCCCCCCCCCCCCCC. The largest absolute Gasteiger partial charge is 0.472 e. The van der Waals surface area contributed by atoms with Crippen molar-refractivity contribution >= 4 is 13.7 Å². The molecule has 0 rings (SSSR count). The molecule has 0 saturated carbocycles. The van der Waals surface area contributed by atoms with Gasteiger partial charge in [-0.25, -0.2) is 4.57 Å². The third-order valence-corrected chi connectivity index (χ3v) is 20.1. The molecule has 522 valence electrons. The first-order valence-electron chi connectivity index (χ1n) is 39.9. The smallest absolute Gasteiger partial charge is 0.391 e. The fraction of sp³-hybridized carbons (Fsp3) is 0.987. The van der Waals surface area contributed by atoms with Crippen LogP contribution in [-0.2, 0) is 18.4 Å². The van der Waals surface area contributed by atoms with E-state index in [0.29, 0.717) is 23.9 Å². The molecule has 0 radical (unpaired) electrons. The lowest BCUT2D eigenvalue weighted by molar-refractivity contribution is -0.870. The Labute approximate surface area is 546 Å². The molecule has 3 N–H and O–H groups in total. The number of phosphoric ester groups is 1. The number of hydrogen-bond acceptors (Lipinski definition) is 5. The van der Waals surface area contributed by atoms with Crippen molar-refractivity contribution in [3.63, 3.8) is 0 Å². The minimum absolute atomic E-state index is 0.0796. The van der Waals surface area contributed by atoms with Crippen LogP contribution in [-0.4, -0.2) is 73.4 Å². The van der Waals surface area contributed by atoms with Crippen LogP contribution >= 0.6 is 7.82 Å². The van der Waals surface area contributed by atoms with Crippen LogP contribution in [0.15, 0.2) is 0 Å². The number of aliphatic hydroxyl groups excluding tert-OH is 1. The highest BCUT2D eigenvalue weighted by atomic mass is 31.2. The Hall–Kier alpha value is -0.500. The molecule has 0 aliphatic carbocycles. The minimum Gasteiger partial charge on any atom is -0.391 e. The summed E-state index contributed by atoms with van der Waals surface area (Å²) < 4.78 is 23.9. The fourth-order valence-electron chi connectivity index (χ4n) is 12.9. The zero-order valence-corrected chi connectivity index (χ0v) is 61.0. The summed E-state index contributed by atoms with van der Waals surface area (Å²) in [6, 6.07) is -0.757. The number of carbonyl (C=O) groups is 1. The van der Waals surface area contributed by atoms with Crippen LogP contribution in [0.2, 0.25) is 0 Å². The summed E-state index contributed by atoms with van der Waals surface area (Å²) in [7, 11) is 1.65. The van der Waals surface area contributed by atoms with Gasteiger partial charge in [0.25, 0.3) is 0 Å². The Morgan fingerprint density at radius 2 is 0.552 bits per heavy atom. The second-order valence-corrected chi connectivity index (χ2v) is 30.6. The maximum Gasteiger partial charge on any atom is 0.472 e. The van der Waals surface area contributed by atoms with Gasteiger partial charge in [0.2, 0.25) is 5.91 Å². The average Bonchev–Trinajstić information content (AvgIpc) is 3.70. The molecule has 3 atom stereocenters. The van der Waals surface area contributed by atoms with Crippen molar-refractivity contribution in [1.29, 1.82) is 0 Å². The number of phosphoric acid groups is 1. The highest BCUT2D eigenvalue weighted by molar-refractivity contribution is 7.47. The third kappa shape index (κ3) is 72.8. The van der Waals surface area contributed by atoms with E-state index in [4.69, 9.17) is 9.05 Å². The molecular weight excluding hydrogens is 1090 g/mol. The van der Waals surface area contributed by atoms with Gasteiger partial charge < -0.3 is 19.8 Å². The molecule has 0 fully saturated rings. The standard InChI is InChI=1S/C78H159N2O6P/c1-6-8-10-12-14-16-18-20-22-24-26-28-30-32-33-34-35-36-37-38-39-40-41-42-43-44-45-46-48-50-52-54-56-58-60-62-64-66-68-70-72-78(82)79-76(75-86-87(83,84)85-74-73-80(3,4)5)77(81)71-69-67-65-63-61-59-57-55-53-51-49-47-31-29-27-25-23-21-19-17-15-13-11-9-7-2/h76-77,81H,6-75H2,1-5H3,(H-,79,82,83,84)/p+1. The van der Waals surface area contributed by atoms with E-state index in [1.165, 1.54) is 379 Å². The summed E-state index contributed by atoms with van der Waals surface area (Å²) in [6.45, 7) is 4.98. The van der Waals surface area contributed by atoms with Crippen molar-refractivity contribution in [3.8, 4) is 0 Å². The van der Waals surface area contributed by atoms with E-state index in [-0.39, 0.29) is 19.1 Å². The molecule has 8 nitrogen and oxygen atoms in total. The van der Waals surface area contributed by atoms with E-state index in [0.717, 1.165) is 38.5 Å². The van der Waals surface area contributed by atoms with Gasteiger partial charge >= 0.3 is 7.82 Å². The Bertz CT molecular complexity index is 1380. The van der Waals surface area contributed by atoms with Gasteiger partial charge in [0.05, 0.1) is 39.9 Å². The maximum absolute atomic E-state index is 13.1. The second-order valence-electron chi connectivity index (χ2n) is 29.2. The van der Waals surface area contributed by atoms with Crippen LogP contribution in [0.1, 0.15) is 444 Å². The van der Waals surface area contributed by atoms with Crippen molar-refractivity contribution in [1.82, 2.24) is 5.32 Å². The molecule has 0 bridgehead atoms. The number of rotatable bonds is 76. The van der Waals surface area contributed by atoms with Gasteiger partial charge in [-0.2, -0.15) is 0 Å². The highest BCUT2D eigenvalue weighted by Gasteiger charge is 2.28. The molecule has 0 aliphatic heterocycles. The zero-order valence-electron chi connectivity index (χ0n) is 60.1. The van der Waals surface area contributed by atoms with E-state index in [1.54, 1.807) is 0 Å². The lowest BCUT2D eigenvalue weighted by atomic mass is 10.0. The molecule has 3 unspecified atom stereocenters. The molecule has 9 heteroatoms. The van der Waals surface area contributed by atoms with Crippen molar-refractivity contribution in [2.75, 3.05) is 40.9 Å². The number of likely N-dealkylation sites (N-methyl/N-ethyl adjacent to an activating group) is 1. The van der Waals surface area contributed by atoms with E-state index in [2.05, 4.69) is 19.2 Å². The van der Waals surface area contributed by atoms with Gasteiger partial charge in [-0.05, 0) is 12.8 Å². The summed E-state index contributed by atoms with van der Waals surface area (Å²) in [4.78, 5) is 23.5. The third-order valence-electron chi connectivity index (χ3n) is 19.1. The topological polar surface area (TPSA) is 105 Å². The second kappa shape index (κ2) is 69.8. The molecule has 0 aliphatic rings. The van der Waals surface area contributed by atoms with Crippen LogP contribution < -0.4 is 5.32 Å². The number of unbranched alkanes of at least 4 members (excludes halogenated alkanes) is 63. The Morgan fingerprint density at radius 3 is 0.770 bits per heavy atom. The molecule has 0 aromatic heterocycles. The molecule has 0 heterocycles. The van der Waals surface area contributed by atoms with Crippen molar-refractivity contribution in [2.45, 2.75) is 456 Å². The molecule has 87 heavy (non-hydrogen) atoms. The number of nitrogens with one attached hydrogen (secondary N) is 1. The number of carbonyl (C=O) groups excluding carboxylic acids is 1. The van der Waals surface area contributed by atoms with E-state index >= 15 is 0 Å². The monoisotopic (exact) mass is 1250 g/mol. The first-order chi connectivity index (χ1) is 42.5. The van der Waals surface area contributed by atoms with Crippen LogP contribution in [0.5, 0.6) is 0 Å². The van der Waals surface area contributed by atoms with Crippen molar-refractivity contribution < 1.29 is 32.9 Å². The number of hydrogen-bond donors (Lipinski definition) is 3. The van der Waals surface area contributed by atoms with Crippen molar-refractivity contribution in [3.05, 3.63) is 0 Å². The van der Waals surface area contributed by atoms with Gasteiger partial charge in [0, 0.05) is 6.42 Å². The summed E-state index contributed by atoms with van der Waals surface area (Å²) in [5, 5.41) is 14.2. The van der Waals surface area contributed by atoms with E-state index in [9.17, 15) is 19.4 Å². The predicted molar refractivity (Wildman–Crippen MR) is 383 cm³/mol. The molecule has 0 spiro atoms. The first kappa shape index (κ1) is 86.5. The number of nitrogens with zero attached hydrogens (tertiary/aromatic N) is 1. The van der Waals surface area contributed by atoms with Gasteiger partial charge in [-0.1, -0.05) is 425 Å². The molecular formula is C78H160N2O6P+. The fourth-order valence-corrected chi connectivity index (χ4v) is 13.7. The molecule has 1 amide bonds. The molecule has 0 aromatic carbocycles. The summed E-state index contributed by atoms with van der Waals surface area (Å²) in [5.74, 6) is -0.132. The predicted octanol–water partition coefficient (Wildman–Crippen LogP) is 25.8. The van der Waals surface area contributed by atoms with Crippen molar-refractivity contribution in [2.24, 2.45) is 0 Å². The quantitative estimate of drug-likeness (QED) is 0.0318. The maximum atomic E-state index is 13.1. The van der Waals surface area contributed by atoms with Crippen LogP contribution in [0.4, 0.5) is 0 Å². The van der Waals surface area contributed by atoms with Crippen LogP contribution in [0.3, 0.4) is 0 Å². The lowest BCUT2D eigenvalue weighted by Gasteiger charge is -2.26. The van der Waals surface area contributed by atoms with Gasteiger partial charge in [-0.3, -0.25) is 13.8 Å². The van der Waals surface area contributed by atoms with E-state index < -0.39 is 20.0 Å². The molecule has 0 aromatic rings. The lowest BCUT2D eigenvalue weighted by Crippen LogP contribution is -2.46. The van der Waals surface area contributed by atoms with Gasteiger partial charge in [0.1, 0.15) is 13.2 Å². The van der Waals surface area contributed by atoms with Crippen LogP contribution in [0, 0.1) is 0 Å². The Balaban J connectivity index is 3.85. The minimum atomic E-state index is -4.33. The zero-order chi connectivity index (χ0) is 63.4. The summed E-state index contributed by atoms with van der Waals surface area (Å²) in [6.07, 6.45) is 89.8. The molecule has 0 saturated heterocycles. The average molecular weight is 1250 g/mol. The number of quaternary nitrogens is 1. The van der Waals surface area contributed by atoms with Crippen LogP contribution in [0.25, 0.3) is 0 Å². The van der Waals surface area contributed by atoms with Gasteiger partial charge in [-0.15, -0.1) is 0 Å². The van der Waals surface area contributed by atoms with Gasteiger partial charge in [0.15, 0.2) is 0 Å². The Kier molecular flexibility index (Phi) is 69.4. The Morgan fingerprint density at radius 1 is 0.345 bits per heavy atom. The summed E-state index contributed by atoms with van der Waals surface area (Å²) in [5.41, 5.74) is 0. The van der Waals surface area contributed by atoms with E-state index in [1.807, 2.05) is 21.1 Å². The number of aliphatic hydroxyl groups is 1. The normalized spacial score (nSPS) is 13.4. The highest BCUT2D eigenvalue weighted by Crippen LogP contribution is 2.43. The first-order valence-corrected chi connectivity index (χ1v) is 41.4.